The number of hydrogen-bond acceptors (Lipinski definition) is 5. The van der Waals surface area contributed by atoms with Crippen LogP contribution in [0.25, 0.3) is 0 Å². The molecule has 1 saturated heterocycles. The van der Waals surface area contributed by atoms with Crippen molar-refractivity contribution < 1.29 is 14.3 Å². The lowest BCUT2D eigenvalue weighted by molar-refractivity contribution is -0.130. The molecule has 0 bridgehead atoms. The largest absolute Gasteiger partial charge is 0.443 e. The number of pyridine rings is 1. The predicted molar refractivity (Wildman–Crippen MR) is 95.4 cm³/mol. The Morgan fingerprint density at radius 1 is 1.40 bits per heavy atom. The van der Waals surface area contributed by atoms with Crippen molar-refractivity contribution in [1.29, 1.82) is 0 Å². The van der Waals surface area contributed by atoms with E-state index in [1.54, 1.807) is 20.8 Å². The molecule has 0 saturated carbocycles. The lowest BCUT2D eigenvalue weighted by Gasteiger charge is -2.23. The smallest absolute Gasteiger partial charge is 0.417 e. The monoisotopic (exact) mass is 345 g/mol. The summed E-state index contributed by atoms with van der Waals surface area (Å²) < 4.78 is 5.31. The van der Waals surface area contributed by atoms with Crippen molar-refractivity contribution in [2.24, 2.45) is 5.92 Å². The Morgan fingerprint density at radius 3 is 2.96 bits per heavy atom. The number of aromatic nitrogens is 1. The summed E-state index contributed by atoms with van der Waals surface area (Å²) in [4.78, 5) is 30.5. The molecule has 1 fully saturated rings. The zero-order valence-electron chi connectivity index (χ0n) is 15.3. The zero-order valence-corrected chi connectivity index (χ0v) is 15.3. The molecule has 2 amide bonds. The maximum Gasteiger partial charge on any atom is 0.417 e. The lowest BCUT2D eigenvalue weighted by Crippen LogP contribution is -2.38. The van der Waals surface area contributed by atoms with Gasteiger partial charge in [-0.05, 0) is 64.5 Å². The van der Waals surface area contributed by atoms with Gasteiger partial charge in [-0.15, -0.1) is 0 Å². The average molecular weight is 345 g/mol. The number of anilines is 1. The number of imide groups is 1. The first kappa shape index (κ1) is 17.7. The highest BCUT2D eigenvalue weighted by Gasteiger charge is 2.37. The average Bonchev–Trinajstić information content (AvgIpc) is 2.92. The number of amides is 2. The fourth-order valence-corrected chi connectivity index (χ4v) is 3.34. The molecule has 0 aliphatic carbocycles. The standard InChI is InChI=1S/C19H27N3O3/c1-19(2,3)25-18(24)22-12-10-14(17(22)23)7-9-15-8-6-13-5-4-11-20-16(13)21-15/h6,8,14H,4-5,7,9-12H2,1-3H3,(H,20,21)/t14-/m1/s1. The first-order chi connectivity index (χ1) is 11.8. The van der Waals surface area contributed by atoms with Gasteiger partial charge in [-0.1, -0.05) is 6.07 Å². The van der Waals surface area contributed by atoms with Crippen LogP contribution in [-0.2, 0) is 22.4 Å². The molecule has 0 aromatic carbocycles. The molecule has 6 heteroatoms. The van der Waals surface area contributed by atoms with Crippen molar-refractivity contribution in [3.05, 3.63) is 23.4 Å². The van der Waals surface area contributed by atoms with Crippen LogP contribution < -0.4 is 5.32 Å². The van der Waals surface area contributed by atoms with E-state index in [4.69, 9.17) is 4.74 Å². The number of nitrogens with zero attached hydrogens (tertiary/aromatic N) is 2. The van der Waals surface area contributed by atoms with Gasteiger partial charge in [-0.25, -0.2) is 14.7 Å². The van der Waals surface area contributed by atoms with Crippen LogP contribution in [0.15, 0.2) is 12.1 Å². The molecule has 1 atom stereocenters. The van der Waals surface area contributed by atoms with E-state index in [1.165, 1.54) is 10.5 Å². The highest BCUT2D eigenvalue weighted by atomic mass is 16.6. The summed E-state index contributed by atoms with van der Waals surface area (Å²) >= 11 is 0. The summed E-state index contributed by atoms with van der Waals surface area (Å²) in [5, 5.41) is 3.34. The Kier molecular flexibility index (Phi) is 4.97. The first-order valence-electron chi connectivity index (χ1n) is 9.10. The molecule has 0 unspecified atom stereocenters. The van der Waals surface area contributed by atoms with Crippen molar-refractivity contribution in [1.82, 2.24) is 9.88 Å². The van der Waals surface area contributed by atoms with Gasteiger partial charge < -0.3 is 10.1 Å². The van der Waals surface area contributed by atoms with Gasteiger partial charge in [-0.2, -0.15) is 0 Å². The number of likely N-dealkylation sites (tertiary alicyclic amines) is 1. The molecule has 3 heterocycles. The van der Waals surface area contributed by atoms with Crippen molar-refractivity contribution in [2.75, 3.05) is 18.4 Å². The molecular formula is C19H27N3O3. The van der Waals surface area contributed by atoms with Gasteiger partial charge in [0.2, 0.25) is 5.91 Å². The van der Waals surface area contributed by atoms with Crippen molar-refractivity contribution in [3.63, 3.8) is 0 Å². The van der Waals surface area contributed by atoms with E-state index in [2.05, 4.69) is 22.4 Å². The molecule has 6 nitrogen and oxygen atoms in total. The second-order valence-electron chi connectivity index (χ2n) is 7.84. The number of nitrogens with one attached hydrogen (secondary N) is 1. The quantitative estimate of drug-likeness (QED) is 0.911. The minimum atomic E-state index is -0.588. The Balaban J connectivity index is 1.56. The normalized spacial score (nSPS) is 20.2. The van der Waals surface area contributed by atoms with Crippen LogP contribution in [0.3, 0.4) is 0 Å². The summed E-state index contributed by atoms with van der Waals surface area (Å²) in [5.74, 6) is 0.737. The second kappa shape index (κ2) is 7.02. The number of carbonyl (C=O) groups is 2. The molecule has 2 aliphatic rings. The maximum absolute atomic E-state index is 12.5. The molecule has 136 valence electrons. The predicted octanol–water partition coefficient (Wildman–Crippen LogP) is 3.16. The molecular weight excluding hydrogens is 318 g/mol. The summed E-state index contributed by atoms with van der Waals surface area (Å²) in [6.07, 6.45) is 3.84. The maximum atomic E-state index is 12.5. The summed E-state index contributed by atoms with van der Waals surface area (Å²) in [6.45, 7) is 6.82. The summed E-state index contributed by atoms with van der Waals surface area (Å²) in [5.41, 5.74) is 1.68. The highest BCUT2D eigenvalue weighted by molar-refractivity contribution is 5.95. The molecule has 0 radical (unpaired) electrons. The fourth-order valence-electron chi connectivity index (χ4n) is 3.34. The third kappa shape index (κ3) is 4.30. The SMILES string of the molecule is CC(C)(C)OC(=O)N1CC[C@@H](CCc2ccc3c(n2)NCCC3)C1=O. The molecule has 1 aromatic heterocycles. The third-order valence-corrected chi connectivity index (χ3v) is 4.63. The number of rotatable bonds is 3. The van der Waals surface area contributed by atoms with Gasteiger partial charge in [0, 0.05) is 24.7 Å². The van der Waals surface area contributed by atoms with Crippen LogP contribution in [0.1, 0.15) is 51.3 Å². The molecule has 0 spiro atoms. The topological polar surface area (TPSA) is 71.5 Å². The minimum Gasteiger partial charge on any atom is -0.443 e. The minimum absolute atomic E-state index is 0.120. The zero-order chi connectivity index (χ0) is 18.0. The Hall–Kier alpha value is -2.11. The van der Waals surface area contributed by atoms with Crippen LogP contribution >= 0.6 is 0 Å². The van der Waals surface area contributed by atoms with E-state index in [-0.39, 0.29) is 11.8 Å². The number of aryl methyl sites for hydroxylation is 2. The lowest BCUT2D eigenvalue weighted by atomic mass is 9.99. The van der Waals surface area contributed by atoms with Crippen molar-refractivity contribution in [2.45, 2.75) is 58.5 Å². The summed E-state index contributed by atoms with van der Waals surface area (Å²) in [7, 11) is 0. The van der Waals surface area contributed by atoms with Gasteiger partial charge in [0.25, 0.3) is 0 Å². The third-order valence-electron chi connectivity index (χ3n) is 4.63. The fraction of sp³-hybridized carbons (Fsp3) is 0.632. The van der Waals surface area contributed by atoms with Crippen LogP contribution in [0, 0.1) is 5.92 Å². The summed E-state index contributed by atoms with van der Waals surface area (Å²) in [6, 6.07) is 4.18. The van der Waals surface area contributed by atoms with Crippen LogP contribution in [0.4, 0.5) is 10.6 Å². The van der Waals surface area contributed by atoms with Gasteiger partial charge >= 0.3 is 6.09 Å². The van der Waals surface area contributed by atoms with E-state index >= 15 is 0 Å². The molecule has 3 rings (SSSR count). The number of ether oxygens (including phenoxy) is 1. The van der Waals surface area contributed by atoms with Gasteiger partial charge in [0.05, 0.1) is 0 Å². The highest BCUT2D eigenvalue weighted by Crippen LogP contribution is 2.26. The number of hydrogen-bond donors (Lipinski definition) is 1. The second-order valence-corrected chi connectivity index (χ2v) is 7.84. The van der Waals surface area contributed by atoms with Crippen LogP contribution in [0.5, 0.6) is 0 Å². The first-order valence-corrected chi connectivity index (χ1v) is 9.10. The van der Waals surface area contributed by atoms with E-state index in [0.29, 0.717) is 19.4 Å². The number of carbonyl (C=O) groups excluding carboxylic acids is 2. The van der Waals surface area contributed by atoms with E-state index in [1.807, 2.05) is 0 Å². The molecule has 25 heavy (non-hydrogen) atoms. The van der Waals surface area contributed by atoms with Crippen molar-refractivity contribution >= 4 is 17.8 Å². The molecule has 2 aliphatic heterocycles. The van der Waals surface area contributed by atoms with E-state index in [0.717, 1.165) is 37.3 Å². The van der Waals surface area contributed by atoms with Gasteiger partial charge in [0.1, 0.15) is 11.4 Å². The van der Waals surface area contributed by atoms with Crippen LogP contribution in [0.2, 0.25) is 0 Å². The van der Waals surface area contributed by atoms with Crippen molar-refractivity contribution in [3.8, 4) is 0 Å². The van der Waals surface area contributed by atoms with Gasteiger partial charge in [0.15, 0.2) is 0 Å². The Bertz CT molecular complexity index is 666. The number of fused-ring (bicyclic) bond motifs is 1. The van der Waals surface area contributed by atoms with E-state index in [9.17, 15) is 9.59 Å². The molecule has 1 N–H and O–H groups in total. The Morgan fingerprint density at radius 2 is 2.20 bits per heavy atom. The Labute approximate surface area is 148 Å². The van der Waals surface area contributed by atoms with Gasteiger partial charge in [-0.3, -0.25) is 4.79 Å². The molecule has 1 aromatic rings. The van der Waals surface area contributed by atoms with Crippen LogP contribution in [-0.4, -0.2) is 40.6 Å². The van der Waals surface area contributed by atoms with E-state index < -0.39 is 11.7 Å².